The molecule has 4 saturated carbocycles. The third-order valence-electron chi connectivity index (χ3n) is 12.6. The Balaban J connectivity index is 0.747. The maximum absolute atomic E-state index is 14.9. The minimum absolute atomic E-state index is 0.00479. The molecule has 2 aromatic rings. The lowest BCUT2D eigenvalue weighted by Crippen LogP contribution is -2.40. The van der Waals surface area contributed by atoms with Gasteiger partial charge in [0.2, 0.25) is 26.0 Å². The van der Waals surface area contributed by atoms with Gasteiger partial charge in [-0.25, -0.2) is 44.8 Å². The number of nitrogens with zero attached hydrogens (tertiary/aromatic N) is 3. The Morgan fingerprint density at radius 1 is 0.790 bits per heavy atom. The van der Waals surface area contributed by atoms with Gasteiger partial charge in [0.15, 0.2) is 29.5 Å². The van der Waals surface area contributed by atoms with Gasteiger partial charge < -0.3 is 29.7 Å². The first-order valence-electron chi connectivity index (χ1n) is 21.6. The molecule has 2 saturated heterocycles. The standard InChI is InChI=1S/C43H56F2N6O9S2/c44-35-11-9-33(24-37(35)59-28-30-7-8-30)42(13-14-42)47-62(57,58)22-6-2-4-19-50-27-39(52)51(41(50)54)26-31-23-32(31)29-60-38-25-34(10-12-36(38)45)43(15-16-43)48-61(55,56)21-5-1-3-18-49-20-17-46-40(49)53/h1-4,9-12,24-25,30-32,41,47-48,54H,5-8,13-23,26-29H2,(H,46,53)/b3-1+,4-2+. The van der Waals surface area contributed by atoms with Crippen LogP contribution in [0.4, 0.5) is 13.6 Å². The molecule has 0 bridgehead atoms. The van der Waals surface area contributed by atoms with Crippen LogP contribution in [0.5, 0.6) is 11.5 Å². The zero-order valence-electron chi connectivity index (χ0n) is 34.6. The lowest BCUT2D eigenvalue weighted by Gasteiger charge is -2.24. The molecule has 0 aromatic heterocycles. The number of hydrogen-bond donors (Lipinski definition) is 4. The number of ether oxygens (including phenoxy) is 2. The summed E-state index contributed by atoms with van der Waals surface area (Å²) in [5, 5.41) is 13.7. The number of aliphatic hydroxyl groups excluding tert-OH is 1. The molecule has 2 aromatic carbocycles. The van der Waals surface area contributed by atoms with Crippen LogP contribution in [0.15, 0.2) is 60.7 Å². The molecule has 0 radical (unpaired) electrons. The van der Waals surface area contributed by atoms with Gasteiger partial charge in [0, 0.05) is 32.7 Å². The van der Waals surface area contributed by atoms with E-state index in [9.17, 15) is 40.3 Å². The number of halogens is 2. The Labute approximate surface area is 362 Å². The number of urea groups is 1. The van der Waals surface area contributed by atoms with Crippen LogP contribution >= 0.6 is 0 Å². The fourth-order valence-corrected chi connectivity index (χ4v) is 11.1. The first-order chi connectivity index (χ1) is 29.6. The van der Waals surface area contributed by atoms with Crippen molar-refractivity contribution in [2.75, 3.05) is 64.0 Å². The van der Waals surface area contributed by atoms with E-state index >= 15 is 0 Å². The summed E-state index contributed by atoms with van der Waals surface area (Å²) in [5.74, 6) is -0.861. The number of aliphatic hydroxyl groups is 1. The fourth-order valence-electron chi connectivity index (χ4n) is 8.16. The van der Waals surface area contributed by atoms with Gasteiger partial charge in [-0.1, -0.05) is 36.4 Å². The van der Waals surface area contributed by atoms with Crippen molar-refractivity contribution < 1.29 is 49.8 Å². The smallest absolute Gasteiger partial charge is 0.317 e. The zero-order chi connectivity index (χ0) is 43.7. The monoisotopic (exact) mass is 902 g/mol. The van der Waals surface area contributed by atoms with Gasteiger partial charge in [-0.15, -0.1) is 0 Å². The van der Waals surface area contributed by atoms with Crippen LogP contribution in [0.1, 0.15) is 68.9 Å². The second-order valence-electron chi connectivity index (χ2n) is 17.6. The SMILES string of the molecule is O=C1NCCN1C/C=C/CCS(=O)(=O)NC1(c2ccc(F)c(OCC3CC3CN3C(=O)CN(C/C=C/CCS(=O)(=O)NC4(c5ccc(F)c(OCC6CC6)c5)CC4)C3O)c2)CC1. The molecule has 19 heteroatoms. The molecular formula is C43H56F2N6O9S2. The van der Waals surface area contributed by atoms with Gasteiger partial charge in [0.1, 0.15) is 0 Å². The predicted octanol–water partition coefficient (Wildman–Crippen LogP) is 3.62. The lowest BCUT2D eigenvalue weighted by atomic mass is 10.1. The van der Waals surface area contributed by atoms with Crippen molar-refractivity contribution in [1.82, 2.24) is 29.5 Å². The summed E-state index contributed by atoms with van der Waals surface area (Å²) in [5.41, 5.74) is -0.295. The molecule has 6 fully saturated rings. The molecular weight excluding hydrogens is 847 g/mol. The summed E-state index contributed by atoms with van der Waals surface area (Å²) in [6, 6.07) is 8.78. The molecule has 3 unspecified atom stereocenters. The van der Waals surface area contributed by atoms with Crippen molar-refractivity contribution in [1.29, 1.82) is 0 Å². The molecule has 338 valence electrons. The zero-order valence-corrected chi connectivity index (χ0v) is 36.3. The van der Waals surface area contributed by atoms with Crippen molar-refractivity contribution in [3.8, 4) is 11.5 Å². The molecule has 3 atom stereocenters. The second-order valence-corrected chi connectivity index (χ2v) is 21.3. The van der Waals surface area contributed by atoms with Crippen LogP contribution in [-0.2, 0) is 35.9 Å². The third-order valence-corrected chi connectivity index (χ3v) is 15.6. The second kappa shape index (κ2) is 18.2. The molecule has 0 spiro atoms. The van der Waals surface area contributed by atoms with Gasteiger partial charge >= 0.3 is 6.03 Å². The Hall–Kier alpha value is -4.14. The van der Waals surface area contributed by atoms with Crippen LogP contribution in [-0.4, -0.2) is 119 Å². The summed E-state index contributed by atoms with van der Waals surface area (Å²) in [7, 11) is -7.34. The maximum Gasteiger partial charge on any atom is 0.317 e. The summed E-state index contributed by atoms with van der Waals surface area (Å²) in [6.45, 7) is 2.82. The molecule has 2 heterocycles. The molecule has 3 amide bonds. The van der Waals surface area contributed by atoms with Crippen LogP contribution in [0.2, 0.25) is 0 Å². The van der Waals surface area contributed by atoms with E-state index in [1.165, 1.54) is 17.0 Å². The van der Waals surface area contributed by atoms with Crippen molar-refractivity contribution in [3.63, 3.8) is 0 Å². The summed E-state index contributed by atoms with van der Waals surface area (Å²) in [6.07, 6.45) is 11.5. The predicted molar refractivity (Wildman–Crippen MR) is 226 cm³/mol. The minimum Gasteiger partial charge on any atom is -0.490 e. The van der Waals surface area contributed by atoms with Crippen LogP contribution in [0.3, 0.4) is 0 Å². The number of carbonyl (C=O) groups excluding carboxylic acids is 2. The van der Waals surface area contributed by atoms with Gasteiger partial charge in [-0.2, -0.15) is 0 Å². The highest BCUT2D eigenvalue weighted by molar-refractivity contribution is 7.89. The van der Waals surface area contributed by atoms with Crippen molar-refractivity contribution in [2.24, 2.45) is 17.8 Å². The normalized spacial score (nSPS) is 24.3. The van der Waals surface area contributed by atoms with Crippen molar-refractivity contribution in [2.45, 2.75) is 75.2 Å². The van der Waals surface area contributed by atoms with Crippen LogP contribution in [0, 0.1) is 29.4 Å². The fraction of sp³-hybridized carbons (Fsp3) is 0.581. The van der Waals surface area contributed by atoms with E-state index in [1.54, 1.807) is 58.4 Å². The number of nitrogens with one attached hydrogen (secondary N) is 3. The van der Waals surface area contributed by atoms with E-state index in [0.29, 0.717) is 75.5 Å². The quantitative estimate of drug-likeness (QED) is 0.114. The molecule has 4 N–H and O–H groups in total. The van der Waals surface area contributed by atoms with Gasteiger partial charge in [0.05, 0.1) is 42.3 Å². The molecule has 62 heavy (non-hydrogen) atoms. The highest BCUT2D eigenvalue weighted by Gasteiger charge is 2.49. The molecule has 8 rings (SSSR count). The van der Waals surface area contributed by atoms with Crippen molar-refractivity contribution in [3.05, 3.63) is 83.5 Å². The molecule has 15 nitrogen and oxygen atoms in total. The Morgan fingerprint density at radius 3 is 1.89 bits per heavy atom. The van der Waals surface area contributed by atoms with Crippen molar-refractivity contribution >= 4 is 32.0 Å². The summed E-state index contributed by atoms with van der Waals surface area (Å²) < 4.78 is 98.5. The van der Waals surface area contributed by atoms with Gasteiger partial charge in [-0.3, -0.25) is 4.79 Å². The first-order valence-corrected chi connectivity index (χ1v) is 24.9. The number of sulfonamides is 2. The number of hydrogen-bond acceptors (Lipinski definition) is 10. The van der Waals surface area contributed by atoms with E-state index in [1.807, 2.05) is 0 Å². The molecule has 2 aliphatic heterocycles. The third kappa shape index (κ3) is 11.1. The van der Waals surface area contributed by atoms with Crippen LogP contribution < -0.4 is 24.2 Å². The summed E-state index contributed by atoms with van der Waals surface area (Å²) in [4.78, 5) is 29.2. The Bertz CT molecular complexity index is 2280. The number of carbonyl (C=O) groups is 2. The number of rotatable bonds is 24. The van der Waals surface area contributed by atoms with E-state index in [-0.39, 0.29) is 79.3 Å². The van der Waals surface area contributed by atoms with E-state index < -0.39 is 49.1 Å². The number of allylic oxidation sites excluding steroid dienone is 2. The number of benzene rings is 2. The topological polar surface area (TPSA) is 187 Å². The van der Waals surface area contributed by atoms with E-state index in [4.69, 9.17) is 9.47 Å². The van der Waals surface area contributed by atoms with Gasteiger partial charge in [-0.05, 0) is 111 Å². The number of amides is 3. The van der Waals surface area contributed by atoms with E-state index in [2.05, 4.69) is 14.8 Å². The largest absolute Gasteiger partial charge is 0.490 e. The highest BCUT2D eigenvalue weighted by Crippen LogP contribution is 2.49. The maximum atomic E-state index is 14.9. The summed E-state index contributed by atoms with van der Waals surface area (Å²) >= 11 is 0. The average molecular weight is 903 g/mol. The highest BCUT2D eigenvalue weighted by atomic mass is 32.2. The molecule has 4 aliphatic carbocycles. The lowest BCUT2D eigenvalue weighted by molar-refractivity contribution is -0.135. The van der Waals surface area contributed by atoms with Gasteiger partial charge in [0.25, 0.3) is 0 Å². The Morgan fingerprint density at radius 2 is 1.35 bits per heavy atom. The minimum atomic E-state index is -3.68. The van der Waals surface area contributed by atoms with E-state index in [0.717, 1.165) is 19.3 Å². The van der Waals surface area contributed by atoms with Crippen LogP contribution in [0.25, 0.3) is 0 Å². The average Bonchev–Trinajstić information content (AvgIpc) is 4.06. The first kappa shape index (κ1) is 44.5. The molecule has 6 aliphatic rings. The Kier molecular flexibility index (Phi) is 13.0.